The van der Waals surface area contributed by atoms with Crippen molar-refractivity contribution in [1.82, 2.24) is 15.5 Å². The molecule has 2 N–H and O–H groups in total. The van der Waals surface area contributed by atoms with Gasteiger partial charge in [0.25, 0.3) is 0 Å². The molecule has 0 bridgehead atoms. The highest BCUT2D eigenvalue weighted by atomic mass is 16.2. The zero-order valence-corrected chi connectivity index (χ0v) is 15.9. The molecule has 2 aromatic carbocycles. The molecule has 2 aromatic rings. The van der Waals surface area contributed by atoms with Gasteiger partial charge in [-0.15, -0.1) is 0 Å². The first-order chi connectivity index (χ1) is 13.2. The zero-order chi connectivity index (χ0) is 18.5. The van der Waals surface area contributed by atoms with Gasteiger partial charge in [-0.25, -0.2) is 4.79 Å². The SMILES string of the molecule is O=C(NCC1(c2ccccc2)CCN(Cc2ccccc2)CC1)NC1CC1. The van der Waals surface area contributed by atoms with Gasteiger partial charge in [0, 0.05) is 24.5 Å². The largest absolute Gasteiger partial charge is 0.337 e. The van der Waals surface area contributed by atoms with E-state index >= 15 is 0 Å². The van der Waals surface area contributed by atoms with Crippen LogP contribution in [-0.4, -0.2) is 36.6 Å². The van der Waals surface area contributed by atoms with Crippen LogP contribution in [0.3, 0.4) is 0 Å². The van der Waals surface area contributed by atoms with Crippen molar-refractivity contribution in [3.8, 4) is 0 Å². The first-order valence-corrected chi connectivity index (χ1v) is 10.1. The van der Waals surface area contributed by atoms with Crippen molar-refractivity contribution < 1.29 is 4.79 Å². The number of nitrogens with one attached hydrogen (secondary N) is 2. The molecule has 0 spiro atoms. The number of urea groups is 1. The van der Waals surface area contributed by atoms with E-state index in [4.69, 9.17) is 0 Å². The lowest BCUT2D eigenvalue weighted by Crippen LogP contribution is -2.50. The lowest BCUT2D eigenvalue weighted by Gasteiger charge is -2.42. The van der Waals surface area contributed by atoms with Gasteiger partial charge < -0.3 is 10.6 Å². The minimum absolute atomic E-state index is 0.0143. The highest BCUT2D eigenvalue weighted by molar-refractivity contribution is 5.74. The fourth-order valence-corrected chi connectivity index (χ4v) is 4.05. The fourth-order valence-electron chi connectivity index (χ4n) is 4.05. The normalized spacial score (nSPS) is 19.4. The molecule has 1 heterocycles. The summed E-state index contributed by atoms with van der Waals surface area (Å²) in [4.78, 5) is 14.7. The lowest BCUT2D eigenvalue weighted by atomic mass is 9.72. The summed E-state index contributed by atoms with van der Waals surface area (Å²) in [5.74, 6) is 0. The van der Waals surface area contributed by atoms with Gasteiger partial charge in [0.15, 0.2) is 0 Å². The molecule has 1 aliphatic carbocycles. The Morgan fingerprint density at radius 1 is 0.963 bits per heavy atom. The molecule has 1 saturated heterocycles. The second kappa shape index (κ2) is 8.13. The van der Waals surface area contributed by atoms with Crippen LogP contribution in [-0.2, 0) is 12.0 Å². The number of hydrogen-bond donors (Lipinski definition) is 2. The van der Waals surface area contributed by atoms with Crippen molar-refractivity contribution in [2.24, 2.45) is 0 Å². The maximum absolute atomic E-state index is 12.2. The monoisotopic (exact) mass is 363 g/mol. The maximum Gasteiger partial charge on any atom is 0.315 e. The molecule has 1 aliphatic heterocycles. The second-order valence-electron chi connectivity index (χ2n) is 8.01. The van der Waals surface area contributed by atoms with E-state index in [-0.39, 0.29) is 11.4 Å². The number of piperidine rings is 1. The Kier molecular flexibility index (Phi) is 5.44. The minimum Gasteiger partial charge on any atom is -0.337 e. The summed E-state index contributed by atoms with van der Waals surface area (Å²) in [6.07, 6.45) is 4.36. The van der Waals surface area contributed by atoms with E-state index in [9.17, 15) is 4.79 Å². The van der Waals surface area contributed by atoms with E-state index in [1.54, 1.807) is 0 Å². The molecule has 2 amide bonds. The van der Waals surface area contributed by atoms with Crippen LogP contribution in [0.25, 0.3) is 0 Å². The molecule has 27 heavy (non-hydrogen) atoms. The van der Waals surface area contributed by atoms with Crippen LogP contribution in [0.2, 0.25) is 0 Å². The van der Waals surface area contributed by atoms with Crippen molar-refractivity contribution >= 4 is 6.03 Å². The van der Waals surface area contributed by atoms with Crippen molar-refractivity contribution in [3.05, 3.63) is 71.8 Å². The van der Waals surface area contributed by atoms with Crippen LogP contribution in [0.15, 0.2) is 60.7 Å². The highest BCUT2D eigenvalue weighted by Crippen LogP contribution is 2.35. The number of amides is 2. The molecular weight excluding hydrogens is 334 g/mol. The maximum atomic E-state index is 12.2. The number of carbonyl (C=O) groups is 1. The van der Waals surface area contributed by atoms with Crippen LogP contribution in [0.1, 0.15) is 36.8 Å². The van der Waals surface area contributed by atoms with E-state index < -0.39 is 0 Å². The predicted molar refractivity (Wildman–Crippen MR) is 109 cm³/mol. The van der Waals surface area contributed by atoms with E-state index in [0.29, 0.717) is 12.6 Å². The Labute approximate surface area is 162 Å². The van der Waals surface area contributed by atoms with Gasteiger partial charge in [0.1, 0.15) is 0 Å². The zero-order valence-electron chi connectivity index (χ0n) is 15.9. The van der Waals surface area contributed by atoms with E-state index in [1.807, 2.05) is 0 Å². The summed E-state index contributed by atoms with van der Waals surface area (Å²) in [7, 11) is 0. The molecule has 4 rings (SSSR count). The van der Waals surface area contributed by atoms with Gasteiger partial charge in [0.2, 0.25) is 0 Å². The van der Waals surface area contributed by atoms with Gasteiger partial charge in [-0.3, -0.25) is 4.90 Å². The second-order valence-corrected chi connectivity index (χ2v) is 8.01. The lowest BCUT2D eigenvalue weighted by molar-refractivity contribution is 0.150. The fraction of sp³-hybridized carbons (Fsp3) is 0.435. The summed E-state index contributed by atoms with van der Waals surface area (Å²) in [6.45, 7) is 3.81. The summed E-state index contributed by atoms with van der Waals surface area (Å²) in [5, 5.41) is 6.20. The molecular formula is C23H29N3O. The number of hydrogen-bond acceptors (Lipinski definition) is 2. The number of carbonyl (C=O) groups excluding carboxylic acids is 1. The topological polar surface area (TPSA) is 44.4 Å². The van der Waals surface area contributed by atoms with Crippen LogP contribution >= 0.6 is 0 Å². The Balaban J connectivity index is 1.41. The molecule has 2 aliphatic rings. The predicted octanol–water partition coefficient (Wildman–Crippen LogP) is 3.68. The first kappa shape index (κ1) is 18.1. The molecule has 0 unspecified atom stereocenters. The van der Waals surface area contributed by atoms with Crippen molar-refractivity contribution in [1.29, 1.82) is 0 Å². The van der Waals surface area contributed by atoms with Gasteiger partial charge in [-0.1, -0.05) is 60.7 Å². The summed E-state index contributed by atoms with van der Waals surface area (Å²) in [5.41, 5.74) is 2.73. The molecule has 4 nitrogen and oxygen atoms in total. The molecule has 4 heteroatoms. The van der Waals surface area contributed by atoms with Gasteiger partial charge in [-0.05, 0) is 49.9 Å². The Morgan fingerprint density at radius 2 is 1.59 bits per heavy atom. The van der Waals surface area contributed by atoms with Gasteiger partial charge in [-0.2, -0.15) is 0 Å². The smallest absolute Gasteiger partial charge is 0.315 e. The average Bonchev–Trinajstić information content (AvgIpc) is 3.53. The quantitative estimate of drug-likeness (QED) is 0.822. The highest BCUT2D eigenvalue weighted by Gasteiger charge is 2.36. The molecule has 0 radical (unpaired) electrons. The third-order valence-corrected chi connectivity index (χ3v) is 5.95. The molecule has 2 fully saturated rings. The standard InChI is InChI=1S/C23H29N3O/c27-22(25-21-11-12-21)24-18-23(20-9-5-2-6-10-20)13-15-26(16-14-23)17-19-7-3-1-4-8-19/h1-10,21H,11-18H2,(H2,24,25,27). The number of benzene rings is 2. The molecule has 1 saturated carbocycles. The summed E-state index contributed by atoms with van der Waals surface area (Å²) >= 11 is 0. The summed E-state index contributed by atoms with van der Waals surface area (Å²) in [6, 6.07) is 21.8. The van der Waals surface area contributed by atoms with E-state index in [1.165, 1.54) is 11.1 Å². The number of likely N-dealkylation sites (tertiary alicyclic amines) is 1. The Hall–Kier alpha value is -2.33. The van der Waals surface area contributed by atoms with E-state index in [2.05, 4.69) is 76.2 Å². The molecule has 0 atom stereocenters. The van der Waals surface area contributed by atoms with Crippen molar-refractivity contribution in [2.45, 2.75) is 43.7 Å². The molecule has 142 valence electrons. The van der Waals surface area contributed by atoms with Crippen LogP contribution in [0.5, 0.6) is 0 Å². The van der Waals surface area contributed by atoms with Crippen molar-refractivity contribution in [2.75, 3.05) is 19.6 Å². The van der Waals surface area contributed by atoms with Gasteiger partial charge >= 0.3 is 6.03 Å². The van der Waals surface area contributed by atoms with Crippen molar-refractivity contribution in [3.63, 3.8) is 0 Å². The first-order valence-electron chi connectivity index (χ1n) is 10.1. The van der Waals surface area contributed by atoms with Gasteiger partial charge in [0.05, 0.1) is 0 Å². The minimum atomic E-state index is -0.0143. The molecule has 0 aromatic heterocycles. The average molecular weight is 364 g/mol. The number of rotatable bonds is 6. The Morgan fingerprint density at radius 3 is 2.22 bits per heavy atom. The summed E-state index contributed by atoms with van der Waals surface area (Å²) < 4.78 is 0. The van der Waals surface area contributed by atoms with E-state index in [0.717, 1.165) is 45.3 Å². The number of nitrogens with zero attached hydrogens (tertiary/aromatic N) is 1. The Bertz CT molecular complexity index is 735. The van der Waals surface area contributed by atoms with Crippen LogP contribution < -0.4 is 10.6 Å². The van der Waals surface area contributed by atoms with Crippen LogP contribution in [0.4, 0.5) is 4.79 Å². The third kappa shape index (κ3) is 4.69. The third-order valence-electron chi connectivity index (χ3n) is 5.95. The van der Waals surface area contributed by atoms with Crippen LogP contribution in [0, 0.1) is 0 Å².